The predicted octanol–water partition coefficient (Wildman–Crippen LogP) is 22.4. The summed E-state index contributed by atoms with van der Waals surface area (Å²) in [6.07, 6.45) is 87.3. The molecule has 0 heterocycles. The van der Waals surface area contributed by atoms with Crippen molar-refractivity contribution in [2.45, 2.75) is 322 Å². The second kappa shape index (κ2) is 64.9. The van der Waals surface area contributed by atoms with Crippen LogP contribution in [0.2, 0.25) is 0 Å². The van der Waals surface area contributed by atoms with Crippen LogP contribution in [0.25, 0.3) is 0 Å². The molecule has 1 atom stereocenters. The molecule has 0 N–H and O–H groups in total. The molecule has 0 radical (unpaired) electrons. The van der Waals surface area contributed by atoms with Crippen LogP contribution in [0.15, 0.2) is 97.2 Å². The van der Waals surface area contributed by atoms with Crippen molar-refractivity contribution in [3.05, 3.63) is 97.2 Å². The summed E-state index contributed by atoms with van der Waals surface area (Å²) in [5, 5.41) is 0. The maximum absolute atomic E-state index is 12.9. The molecule has 0 aromatic rings. The minimum absolute atomic E-state index is 0.0801. The molecule has 0 bridgehead atoms. The second-order valence-electron chi connectivity index (χ2n) is 21.6. The van der Waals surface area contributed by atoms with E-state index in [0.29, 0.717) is 19.3 Å². The van der Waals surface area contributed by atoms with Crippen LogP contribution in [0.1, 0.15) is 316 Å². The van der Waals surface area contributed by atoms with Crippen LogP contribution in [0.5, 0.6) is 0 Å². The Bertz CT molecular complexity index is 1510. The van der Waals surface area contributed by atoms with Gasteiger partial charge in [0.1, 0.15) is 13.2 Å². The van der Waals surface area contributed by atoms with Gasteiger partial charge in [0.15, 0.2) is 6.10 Å². The average Bonchev–Trinajstić information content (AvgIpc) is 3.43. The molecule has 0 rings (SSSR count). The van der Waals surface area contributed by atoms with Gasteiger partial charge in [0.2, 0.25) is 0 Å². The molecule has 77 heavy (non-hydrogen) atoms. The quantitative estimate of drug-likeness (QED) is 0.0261. The summed E-state index contributed by atoms with van der Waals surface area (Å²) in [7, 11) is 0. The summed E-state index contributed by atoms with van der Waals surface area (Å²) >= 11 is 0. The zero-order valence-electron chi connectivity index (χ0n) is 50.7. The number of unbranched alkanes of at least 4 members (excludes halogenated alkanes) is 32. The number of carbonyl (C=O) groups is 3. The Morgan fingerprint density at radius 3 is 0.792 bits per heavy atom. The van der Waals surface area contributed by atoms with Crippen LogP contribution >= 0.6 is 0 Å². The van der Waals surface area contributed by atoms with Crippen molar-refractivity contribution in [1.29, 1.82) is 0 Å². The lowest BCUT2D eigenvalue weighted by Crippen LogP contribution is -2.30. The fraction of sp³-hybridized carbons (Fsp3) is 0.732. The molecule has 6 heteroatoms. The molecular weight excluding hydrogens is 949 g/mol. The van der Waals surface area contributed by atoms with Gasteiger partial charge in [-0.25, -0.2) is 0 Å². The minimum atomic E-state index is -0.782. The number of allylic oxidation sites excluding steroid dienone is 16. The van der Waals surface area contributed by atoms with Crippen molar-refractivity contribution >= 4 is 17.9 Å². The van der Waals surface area contributed by atoms with E-state index in [1.165, 1.54) is 161 Å². The molecular formula is C71H122O6. The highest BCUT2D eigenvalue weighted by Crippen LogP contribution is 2.16. The van der Waals surface area contributed by atoms with Gasteiger partial charge >= 0.3 is 17.9 Å². The van der Waals surface area contributed by atoms with Gasteiger partial charge in [0.25, 0.3) is 0 Å². The first-order valence-corrected chi connectivity index (χ1v) is 32.7. The van der Waals surface area contributed by atoms with E-state index < -0.39 is 6.10 Å². The average molecular weight is 1070 g/mol. The minimum Gasteiger partial charge on any atom is -0.462 e. The third kappa shape index (κ3) is 63.0. The zero-order chi connectivity index (χ0) is 55.7. The van der Waals surface area contributed by atoms with Crippen LogP contribution in [0.3, 0.4) is 0 Å². The van der Waals surface area contributed by atoms with E-state index in [1.54, 1.807) is 0 Å². The topological polar surface area (TPSA) is 78.9 Å². The van der Waals surface area contributed by atoms with Gasteiger partial charge in [-0.1, -0.05) is 291 Å². The fourth-order valence-corrected chi connectivity index (χ4v) is 9.18. The summed E-state index contributed by atoms with van der Waals surface area (Å²) in [5.74, 6) is -0.890. The molecule has 0 saturated carbocycles. The SMILES string of the molecule is CC/C=C\C/C=C\C/C=C\C/C=C\C/C=C\CCCCCCCCCCCCCCCCCC(=O)OCC(COC(=O)CCCCCCCCC)OC(=O)CCCCCCCC/C=C\C/C=C\C/C=C\CCCCCCC. The summed E-state index contributed by atoms with van der Waals surface area (Å²) in [5.41, 5.74) is 0. The molecule has 6 nitrogen and oxygen atoms in total. The van der Waals surface area contributed by atoms with Crippen molar-refractivity contribution in [3.8, 4) is 0 Å². The van der Waals surface area contributed by atoms with E-state index in [1.807, 2.05) is 0 Å². The zero-order valence-corrected chi connectivity index (χ0v) is 50.7. The summed E-state index contributed by atoms with van der Waals surface area (Å²) in [6, 6.07) is 0. The molecule has 0 aliphatic carbocycles. The van der Waals surface area contributed by atoms with Crippen molar-refractivity contribution < 1.29 is 28.6 Å². The predicted molar refractivity (Wildman–Crippen MR) is 334 cm³/mol. The summed E-state index contributed by atoms with van der Waals surface area (Å²) in [4.78, 5) is 38.1. The van der Waals surface area contributed by atoms with Gasteiger partial charge in [-0.05, 0) is 103 Å². The Kier molecular flexibility index (Phi) is 61.8. The Morgan fingerprint density at radius 1 is 0.273 bits per heavy atom. The number of hydrogen-bond acceptors (Lipinski definition) is 6. The molecule has 0 saturated heterocycles. The molecule has 0 aromatic carbocycles. The van der Waals surface area contributed by atoms with Gasteiger partial charge in [-0.2, -0.15) is 0 Å². The van der Waals surface area contributed by atoms with E-state index in [2.05, 4.69) is 118 Å². The lowest BCUT2D eigenvalue weighted by molar-refractivity contribution is -0.167. The normalized spacial score (nSPS) is 12.7. The van der Waals surface area contributed by atoms with E-state index in [4.69, 9.17) is 14.2 Å². The molecule has 0 aliphatic rings. The third-order valence-corrected chi connectivity index (χ3v) is 14.1. The molecule has 0 aromatic heterocycles. The highest BCUT2D eigenvalue weighted by Gasteiger charge is 2.19. The first kappa shape index (κ1) is 73.3. The van der Waals surface area contributed by atoms with Gasteiger partial charge in [-0.3, -0.25) is 14.4 Å². The monoisotopic (exact) mass is 1070 g/mol. The smallest absolute Gasteiger partial charge is 0.306 e. The maximum Gasteiger partial charge on any atom is 0.306 e. The van der Waals surface area contributed by atoms with Crippen LogP contribution in [-0.2, 0) is 28.6 Å². The van der Waals surface area contributed by atoms with Crippen LogP contribution in [-0.4, -0.2) is 37.2 Å². The van der Waals surface area contributed by atoms with Crippen molar-refractivity contribution in [2.24, 2.45) is 0 Å². The van der Waals surface area contributed by atoms with Crippen molar-refractivity contribution in [2.75, 3.05) is 13.2 Å². The Morgan fingerprint density at radius 2 is 0.506 bits per heavy atom. The molecule has 0 aliphatic heterocycles. The number of hydrogen-bond donors (Lipinski definition) is 0. The van der Waals surface area contributed by atoms with Gasteiger partial charge in [-0.15, -0.1) is 0 Å². The highest BCUT2D eigenvalue weighted by atomic mass is 16.6. The largest absolute Gasteiger partial charge is 0.462 e. The standard InChI is InChI=1S/C71H122O6/c1-4-7-10-13-16-18-20-22-24-26-28-30-31-32-33-34-35-36-37-38-39-41-42-44-46-48-50-52-55-58-61-64-70(73)76-67-68(66-75-69(72)63-60-57-54-15-12-9-6-3)77-71(74)65-62-59-56-53-51-49-47-45-43-40-29-27-25-23-21-19-17-14-11-8-5-2/h7,10,16,18,21-24,27-30,32-33,43,45,68H,4-6,8-9,11-15,17,19-20,25-26,31,34-42,44,46-67H2,1-3H3/b10-7-,18-16-,23-21-,24-22-,29-27-,30-28-,33-32-,45-43-. The first-order chi connectivity index (χ1) is 38.0. The summed E-state index contributed by atoms with van der Waals surface area (Å²) in [6.45, 7) is 6.49. The van der Waals surface area contributed by atoms with E-state index >= 15 is 0 Å². The van der Waals surface area contributed by atoms with Crippen molar-refractivity contribution in [3.63, 3.8) is 0 Å². The Labute approximate surface area is 477 Å². The van der Waals surface area contributed by atoms with Gasteiger partial charge in [0.05, 0.1) is 0 Å². The fourth-order valence-electron chi connectivity index (χ4n) is 9.18. The lowest BCUT2D eigenvalue weighted by atomic mass is 10.0. The number of rotatable bonds is 59. The number of ether oxygens (including phenoxy) is 3. The van der Waals surface area contributed by atoms with Crippen LogP contribution in [0.4, 0.5) is 0 Å². The van der Waals surface area contributed by atoms with Gasteiger partial charge in [0, 0.05) is 19.3 Å². The molecule has 0 spiro atoms. The third-order valence-electron chi connectivity index (χ3n) is 14.1. The van der Waals surface area contributed by atoms with Crippen LogP contribution < -0.4 is 0 Å². The van der Waals surface area contributed by atoms with Gasteiger partial charge < -0.3 is 14.2 Å². The van der Waals surface area contributed by atoms with Crippen LogP contribution in [0, 0.1) is 0 Å². The first-order valence-electron chi connectivity index (χ1n) is 32.7. The maximum atomic E-state index is 12.9. The molecule has 0 fully saturated rings. The molecule has 0 amide bonds. The molecule has 1 unspecified atom stereocenters. The van der Waals surface area contributed by atoms with E-state index in [0.717, 1.165) is 116 Å². The number of esters is 3. The molecule has 442 valence electrons. The Hall–Kier alpha value is -3.67. The van der Waals surface area contributed by atoms with E-state index in [-0.39, 0.29) is 31.1 Å². The van der Waals surface area contributed by atoms with E-state index in [9.17, 15) is 14.4 Å². The second-order valence-corrected chi connectivity index (χ2v) is 21.6. The summed E-state index contributed by atoms with van der Waals surface area (Å²) < 4.78 is 16.8. The number of carbonyl (C=O) groups excluding carboxylic acids is 3. The lowest BCUT2D eigenvalue weighted by Gasteiger charge is -2.18. The highest BCUT2D eigenvalue weighted by molar-refractivity contribution is 5.71. The van der Waals surface area contributed by atoms with Crippen molar-refractivity contribution in [1.82, 2.24) is 0 Å². The Balaban J connectivity index is 4.10.